The van der Waals surface area contributed by atoms with Gasteiger partial charge in [0, 0.05) is 0 Å². The Morgan fingerprint density at radius 2 is 2.20 bits per heavy atom. The van der Waals surface area contributed by atoms with Crippen LogP contribution < -0.4 is 0 Å². The third-order valence-electron chi connectivity index (χ3n) is 1.93. The Hall–Kier alpha value is -0.340. The second-order valence-electron chi connectivity index (χ2n) is 2.91. The minimum absolute atomic E-state index is 0.149. The maximum absolute atomic E-state index is 9.52. The smallest absolute Gasteiger partial charge is 0.106 e. The highest BCUT2D eigenvalue weighted by Gasteiger charge is 2.22. The summed E-state index contributed by atoms with van der Waals surface area (Å²) in [4.78, 5) is 0. The Morgan fingerprint density at radius 3 is 2.90 bits per heavy atom. The first-order chi connectivity index (χ1) is 4.77. The molecule has 0 heterocycles. The van der Waals surface area contributed by atoms with Crippen molar-refractivity contribution in [2.24, 2.45) is 0 Å². The van der Waals surface area contributed by atoms with Gasteiger partial charge < -0.3 is 10.2 Å². The second-order valence-corrected chi connectivity index (χ2v) is 2.91. The maximum atomic E-state index is 9.52. The summed E-state index contributed by atoms with van der Waals surface area (Å²) in [5.74, 6) is 0. The molecule has 0 radical (unpaired) electrons. The molecule has 0 aliphatic heterocycles. The van der Waals surface area contributed by atoms with Crippen molar-refractivity contribution < 1.29 is 10.2 Å². The van der Waals surface area contributed by atoms with Crippen molar-refractivity contribution in [3.8, 4) is 0 Å². The molecule has 0 saturated heterocycles. The Bertz CT molecular complexity index is 131. The molecule has 0 aromatic carbocycles. The lowest BCUT2D eigenvalue weighted by Gasteiger charge is -2.19. The lowest BCUT2D eigenvalue weighted by Crippen LogP contribution is -2.29. The van der Waals surface area contributed by atoms with E-state index in [0.29, 0.717) is 6.42 Å². The zero-order valence-corrected chi connectivity index (χ0v) is 6.08. The molecule has 2 nitrogen and oxygen atoms in total. The molecule has 1 atom stereocenters. The summed E-state index contributed by atoms with van der Waals surface area (Å²) in [6.07, 6.45) is 7.52. The molecular formula is C8H14O2. The molecule has 0 amide bonds. The molecule has 1 unspecified atom stereocenters. The normalized spacial score (nSPS) is 33.8. The first-order valence-electron chi connectivity index (χ1n) is 3.78. The first kappa shape index (κ1) is 7.76. The third-order valence-corrected chi connectivity index (χ3v) is 1.93. The second kappa shape index (κ2) is 3.17. The SMILES string of the molecule is OCC1(O)C=CCCCC1. The summed E-state index contributed by atoms with van der Waals surface area (Å²) < 4.78 is 0. The van der Waals surface area contributed by atoms with Crippen LogP contribution in [0.3, 0.4) is 0 Å². The number of allylic oxidation sites excluding steroid dienone is 1. The van der Waals surface area contributed by atoms with Crippen LogP contribution in [-0.4, -0.2) is 22.4 Å². The van der Waals surface area contributed by atoms with E-state index in [4.69, 9.17) is 5.11 Å². The van der Waals surface area contributed by atoms with E-state index in [2.05, 4.69) is 0 Å². The number of aliphatic hydroxyl groups is 2. The van der Waals surface area contributed by atoms with Gasteiger partial charge in [0.05, 0.1) is 6.61 Å². The van der Waals surface area contributed by atoms with Gasteiger partial charge in [-0.3, -0.25) is 0 Å². The molecule has 0 saturated carbocycles. The molecular weight excluding hydrogens is 128 g/mol. The third kappa shape index (κ3) is 1.82. The van der Waals surface area contributed by atoms with Gasteiger partial charge in [-0.15, -0.1) is 0 Å². The topological polar surface area (TPSA) is 40.5 Å². The van der Waals surface area contributed by atoms with Gasteiger partial charge in [-0.05, 0) is 25.7 Å². The molecule has 0 spiro atoms. The minimum Gasteiger partial charge on any atom is -0.393 e. The quantitative estimate of drug-likeness (QED) is 0.533. The Labute approximate surface area is 61.2 Å². The van der Waals surface area contributed by atoms with E-state index < -0.39 is 5.60 Å². The monoisotopic (exact) mass is 142 g/mol. The first-order valence-corrected chi connectivity index (χ1v) is 3.78. The van der Waals surface area contributed by atoms with Gasteiger partial charge in [0.1, 0.15) is 5.60 Å². The van der Waals surface area contributed by atoms with Crippen molar-refractivity contribution >= 4 is 0 Å². The van der Waals surface area contributed by atoms with Crippen molar-refractivity contribution in [1.29, 1.82) is 0 Å². The van der Waals surface area contributed by atoms with Gasteiger partial charge in [-0.1, -0.05) is 12.2 Å². The molecule has 0 bridgehead atoms. The van der Waals surface area contributed by atoms with Gasteiger partial charge in [-0.2, -0.15) is 0 Å². The maximum Gasteiger partial charge on any atom is 0.106 e. The molecule has 1 rings (SSSR count). The summed E-state index contributed by atoms with van der Waals surface area (Å²) in [6.45, 7) is -0.149. The molecule has 2 heteroatoms. The average molecular weight is 142 g/mol. The predicted molar refractivity (Wildman–Crippen MR) is 39.6 cm³/mol. The number of hydrogen-bond donors (Lipinski definition) is 2. The van der Waals surface area contributed by atoms with Crippen LogP contribution in [0.4, 0.5) is 0 Å². The number of aliphatic hydroxyl groups excluding tert-OH is 1. The van der Waals surface area contributed by atoms with Crippen LogP contribution in [0.5, 0.6) is 0 Å². The molecule has 2 N–H and O–H groups in total. The summed E-state index contributed by atoms with van der Waals surface area (Å²) >= 11 is 0. The largest absolute Gasteiger partial charge is 0.393 e. The van der Waals surface area contributed by atoms with Gasteiger partial charge in [0.15, 0.2) is 0 Å². The summed E-state index contributed by atoms with van der Waals surface area (Å²) in [6, 6.07) is 0. The predicted octanol–water partition coefficient (Wildman–Crippen LogP) is 0.840. The zero-order valence-electron chi connectivity index (χ0n) is 6.08. The highest BCUT2D eigenvalue weighted by molar-refractivity contribution is 5.02. The van der Waals surface area contributed by atoms with E-state index in [0.717, 1.165) is 19.3 Å². The van der Waals surface area contributed by atoms with Crippen molar-refractivity contribution in [1.82, 2.24) is 0 Å². The zero-order chi connectivity index (χ0) is 7.45. The van der Waals surface area contributed by atoms with Crippen molar-refractivity contribution in [3.05, 3.63) is 12.2 Å². The molecule has 10 heavy (non-hydrogen) atoms. The van der Waals surface area contributed by atoms with Gasteiger partial charge >= 0.3 is 0 Å². The van der Waals surface area contributed by atoms with E-state index in [1.54, 1.807) is 6.08 Å². The summed E-state index contributed by atoms with van der Waals surface area (Å²) in [5.41, 5.74) is -0.920. The van der Waals surface area contributed by atoms with Crippen LogP contribution in [0.2, 0.25) is 0 Å². The fraction of sp³-hybridized carbons (Fsp3) is 0.750. The van der Waals surface area contributed by atoms with Crippen LogP contribution in [0.1, 0.15) is 25.7 Å². The standard InChI is InChI=1S/C8H14O2/c9-7-8(10)5-3-1-2-4-6-8/h3,5,9-10H,1-2,4,6-7H2. The van der Waals surface area contributed by atoms with Gasteiger partial charge in [0.2, 0.25) is 0 Å². The number of hydrogen-bond acceptors (Lipinski definition) is 2. The van der Waals surface area contributed by atoms with Crippen molar-refractivity contribution in [2.45, 2.75) is 31.3 Å². The molecule has 1 aliphatic rings. The molecule has 0 aromatic heterocycles. The van der Waals surface area contributed by atoms with Gasteiger partial charge in [0.25, 0.3) is 0 Å². The van der Waals surface area contributed by atoms with E-state index >= 15 is 0 Å². The number of rotatable bonds is 1. The molecule has 1 aliphatic carbocycles. The van der Waals surface area contributed by atoms with Crippen LogP contribution in [0.15, 0.2) is 12.2 Å². The molecule has 0 aromatic rings. The Balaban J connectivity index is 2.55. The molecule has 0 fully saturated rings. The van der Waals surface area contributed by atoms with E-state index in [1.807, 2.05) is 6.08 Å². The van der Waals surface area contributed by atoms with Crippen LogP contribution in [0, 0.1) is 0 Å². The molecule has 58 valence electrons. The summed E-state index contributed by atoms with van der Waals surface area (Å²) in [5, 5.41) is 18.3. The van der Waals surface area contributed by atoms with Crippen LogP contribution in [0.25, 0.3) is 0 Å². The Kier molecular flexibility index (Phi) is 2.46. The summed E-state index contributed by atoms with van der Waals surface area (Å²) in [7, 11) is 0. The lowest BCUT2D eigenvalue weighted by molar-refractivity contribution is 0.0199. The van der Waals surface area contributed by atoms with Crippen LogP contribution >= 0.6 is 0 Å². The van der Waals surface area contributed by atoms with E-state index in [1.165, 1.54) is 0 Å². The van der Waals surface area contributed by atoms with E-state index in [9.17, 15) is 5.11 Å². The highest BCUT2D eigenvalue weighted by atomic mass is 16.3. The Morgan fingerprint density at radius 1 is 1.40 bits per heavy atom. The lowest BCUT2D eigenvalue weighted by atomic mass is 10.00. The minimum atomic E-state index is -0.920. The van der Waals surface area contributed by atoms with Crippen molar-refractivity contribution in [2.75, 3.05) is 6.61 Å². The van der Waals surface area contributed by atoms with Crippen LogP contribution in [-0.2, 0) is 0 Å². The van der Waals surface area contributed by atoms with Gasteiger partial charge in [-0.25, -0.2) is 0 Å². The van der Waals surface area contributed by atoms with Crippen molar-refractivity contribution in [3.63, 3.8) is 0 Å². The van der Waals surface area contributed by atoms with E-state index in [-0.39, 0.29) is 6.61 Å². The fourth-order valence-electron chi connectivity index (χ4n) is 1.21. The highest BCUT2D eigenvalue weighted by Crippen LogP contribution is 2.20. The fourth-order valence-corrected chi connectivity index (χ4v) is 1.21. The average Bonchev–Trinajstić information content (AvgIpc) is 2.15.